The van der Waals surface area contributed by atoms with Crippen LogP contribution in [0.4, 0.5) is 5.69 Å². The van der Waals surface area contributed by atoms with Crippen molar-refractivity contribution in [2.24, 2.45) is 0 Å². The predicted octanol–water partition coefficient (Wildman–Crippen LogP) is 2.92. The van der Waals surface area contributed by atoms with Crippen LogP contribution in [0.15, 0.2) is 18.2 Å². The van der Waals surface area contributed by atoms with Gasteiger partial charge in [-0.25, -0.2) is 0 Å². The highest BCUT2D eigenvalue weighted by molar-refractivity contribution is 5.99. The van der Waals surface area contributed by atoms with Gasteiger partial charge in [-0.2, -0.15) is 0 Å². The second-order valence-electron chi connectivity index (χ2n) is 4.93. The van der Waals surface area contributed by atoms with Gasteiger partial charge >= 0.3 is 0 Å². The van der Waals surface area contributed by atoms with Gasteiger partial charge in [-0.15, -0.1) is 0 Å². The summed E-state index contributed by atoms with van der Waals surface area (Å²) >= 11 is 0. The second kappa shape index (κ2) is 5.82. The van der Waals surface area contributed by atoms with E-state index in [1.165, 1.54) is 6.07 Å². The van der Waals surface area contributed by atoms with E-state index >= 15 is 0 Å². The number of likely N-dealkylation sites (tertiary alicyclic amines) is 1. The fraction of sp³-hybridized carbons (Fsp3) is 0.500. The van der Waals surface area contributed by atoms with Crippen molar-refractivity contribution >= 4 is 11.6 Å². The molecular weight excluding hydrogens is 244 g/mol. The first-order chi connectivity index (χ1) is 9.11. The summed E-state index contributed by atoms with van der Waals surface area (Å²) in [5.41, 5.74) is 0.826. The van der Waals surface area contributed by atoms with Crippen molar-refractivity contribution in [2.75, 3.05) is 13.1 Å². The standard InChI is InChI=1S/C14H18N2O3/c1-11-7-6-8-12(16(18)19)13(11)14(17)15-9-4-2-3-5-10-15/h6-8H,2-5,9-10H2,1H3. The number of amides is 1. The van der Waals surface area contributed by atoms with Gasteiger partial charge in [-0.05, 0) is 25.3 Å². The third-order valence-electron chi connectivity index (χ3n) is 3.55. The lowest BCUT2D eigenvalue weighted by Gasteiger charge is -2.21. The summed E-state index contributed by atoms with van der Waals surface area (Å²) in [6.45, 7) is 3.15. The highest BCUT2D eigenvalue weighted by atomic mass is 16.6. The molecule has 102 valence electrons. The zero-order valence-corrected chi connectivity index (χ0v) is 11.1. The van der Waals surface area contributed by atoms with Crippen LogP contribution < -0.4 is 0 Å². The maximum atomic E-state index is 12.5. The van der Waals surface area contributed by atoms with E-state index in [2.05, 4.69) is 0 Å². The van der Waals surface area contributed by atoms with E-state index in [-0.39, 0.29) is 17.2 Å². The molecule has 1 aromatic carbocycles. The number of carbonyl (C=O) groups is 1. The van der Waals surface area contributed by atoms with Gasteiger partial charge in [0, 0.05) is 19.2 Å². The highest BCUT2D eigenvalue weighted by Crippen LogP contribution is 2.24. The Morgan fingerprint density at radius 3 is 2.42 bits per heavy atom. The van der Waals surface area contributed by atoms with Crippen molar-refractivity contribution in [2.45, 2.75) is 32.6 Å². The quantitative estimate of drug-likeness (QED) is 0.608. The van der Waals surface area contributed by atoms with Crippen molar-refractivity contribution in [1.29, 1.82) is 0 Å². The fourth-order valence-electron chi connectivity index (χ4n) is 2.51. The molecule has 0 spiro atoms. The zero-order valence-electron chi connectivity index (χ0n) is 11.1. The van der Waals surface area contributed by atoms with Crippen LogP contribution in [0.1, 0.15) is 41.6 Å². The first kappa shape index (κ1) is 13.5. The predicted molar refractivity (Wildman–Crippen MR) is 72.2 cm³/mol. The number of hydrogen-bond donors (Lipinski definition) is 0. The summed E-state index contributed by atoms with van der Waals surface area (Å²) in [5.74, 6) is -0.202. The molecule has 0 aliphatic carbocycles. The third kappa shape index (κ3) is 2.92. The molecular formula is C14H18N2O3. The summed E-state index contributed by atoms with van der Waals surface area (Å²) in [6, 6.07) is 4.77. The smallest absolute Gasteiger partial charge is 0.282 e. The Morgan fingerprint density at radius 1 is 1.21 bits per heavy atom. The topological polar surface area (TPSA) is 63.5 Å². The number of aryl methyl sites for hydroxylation is 1. The van der Waals surface area contributed by atoms with Gasteiger partial charge in [-0.3, -0.25) is 14.9 Å². The van der Waals surface area contributed by atoms with Crippen molar-refractivity contribution < 1.29 is 9.72 Å². The molecule has 1 heterocycles. The molecule has 1 aliphatic heterocycles. The average Bonchev–Trinajstić information content (AvgIpc) is 2.66. The maximum absolute atomic E-state index is 12.5. The number of hydrogen-bond acceptors (Lipinski definition) is 3. The van der Waals surface area contributed by atoms with Crippen LogP contribution in [-0.2, 0) is 0 Å². The van der Waals surface area contributed by atoms with Gasteiger partial charge in [0.15, 0.2) is 0 Å². The fourth-order valence-corrected chi connectivity index (χ4v) is 2.51. The van der Waals surface area contributed by atoms with E-state index in [4.69, 9.17) is 0 Å². The molecule has 5 heteroatoms. The van der Waals surface area contributed by atoms with Crippen LogP contribution in [-0.4, -0.2) is 28.8 Å². The molecule has 1 fully saturated rings. The van der Waals surface area contributed by atoms with E-state index in [1.807, 2.05) is 0 Å². The molecule has 0 saturated carbocycles. The summed E-state index contributed by atoms with van der Waals surface area (Å²) in [4.78, 5) is 24.9. The van der Waals surface area contributed by atoms with Crippen LogP contribution in [0.2, 0.25) is 0 Å². The lowest BCUT2D eigenvalue weighted by molar-refractivity contribution is -0.385. The SMILES string of the molecule is Cc1cccc([N+](=O)[O-])c1C(=O)N1CCCCCC1. The second-order valence-corrected chi connectivity index (χ2v) is 4.93. The summed E-state index contributed by atoms with van der Waals surface area (Å²) in [7, 11) is 0. The van der Waals surface area contributed by atoms with E-state index in [0.29, 0.717) is 18.7 Å². The first-order valence-electron chi connectivity index (χ1n) is 6.64. The first-order valence-corrected chi connectivity index (χ1v) is 6.64. The van der Waals surface area contributed by atoms with Crippen molar-refractivity contribution in [3.63, 3.8) is 0 Å². The van der Waals surface area contributed by atoms with E-state index in [0.717, 1.165) is 25.7 Å². The number of rotatable bonds is 2. The third-order valence-corrected chi connectivity index (χ3v) is 3.55. The van der Waals surface area contributed by atoms with Gasteiger partial charge in [-0.1, -0.05) is 25.0 Å². The van der Waals surface area contributed by atoms with E-state index < -0.39 is 4.92 Å². The number of benzene rings is 1. The number of nitro benzene ring substituents is 1. The number of nitrogens with zero attached hydrogens (tertiary/aromatic N) is 2. The molecule has 1 aromatic rings. The van der Waals surface area contributed by atoms with Crippen LogP contribution in [0.25, 0.3) is 0 Å². The van der Waals surface area contributed by atoms with Gasteiger partial charge in [0.1, 0.15) is 5.56 Å². The minimum atomic E-state index is -0.474. The minimum Gasteiger partial charge on any atom is -0.338 e. The molecule has 1 saturated heterocycles. The Hall–Kier alpha value is -1.91. The summed E-state index contributed by atoms with van der Waals surface area (Å²) in [5, 5.41) is 11.1. The van der Waals surface area contributed by atoms with Gasteiger partial charge in [0.25, 0.3) is 11.6 Å². The molecule has 2 rings (SSSR count). The van der Waals surface area contributed by atoms with Crippen molar-refractivity contribution in [3.05, 3.63) is 39.4 Å². The molecule has 0 aromatic heterocycles. The molecule has 0 radical (unpaired) electrons. The van der Waals surface area contributed by atoms with Gasteiger partial charge in [0.2, 0.25) is 0 Å². The van der Waals surface area contributed by atoms with Crippen LogP contribution in [0.3, 0.4) is 0 Å². The Kier molecular flexibility index (Phi) is 4.14. The summed E-state index contributed by atoms with van der Waals surface area (Å²) in [6.07, 6.45) is 4.20. The normalized spacial score (nSPS) is 15.9. The molecule has 0 N–H and O–H groups in total. The van der Waals surface area contributed by atoms with Crippen molar-refractivity contribution in [3.8, 4) is 0 Å². The van der Waals surface area contributed by atoms with Gasteiger partial charge in [0.05, 0.1) is 4.92 Å². The van der Waals surface area contributed by atoms with E-state index in [1.54, 1.807) is 24.0 Å². The maximum Gasteiger partial charge on any atom is 0.282 e. The Morgan fingerprint density at radius 2 is 1.84 bits per heavy atom. The molecule has 0 atom stereocenters. The minimum absolute atomic E-state index is 0.0887. The summed E-state index contributed by atoms with van der Waals surface area (Å²) < 4.78 is 0. The van der Waals surface area contributed by atoms with Crippen LogP contribution in [0, 0.1) is 17.0 Å². The molecule has 19 heavy (non-hydrogen) atoms. The Balaban J connectivity index is 2.34. The molecule has 0 bridgehead atoms. The van der Waals surface area contributed by atoms with Crippen molar-refractivity contribution in [1.82, 2.24) is 4.90 Å². The van der Waals surface area contributed by atoms with E-state index in [9.17, 15) is 14.9 Å². The van der Waals surface area contributed by atoms with Gasteiger partial charge < -0.3 is 4.90 Å². The molecule has 1 amide bonds. The lowest BCUT2D eigenvalue weighted by atomic mass is 10.1. The molecule has 5 nitrogen and oxygen atoms in total. The highest BCUT2D eigenvalue weighted by Gasteiger charge is 2.26. The number of nitro groups is 1. The Bertz CT molecular complexity index is 491. The largest absolute Gasteiger partial charge is 0.338 e. The average molecular weight is 262 g/mol. The Labute approximate surface area is 112 Å². The molecule has 1 aliphatic rings. The monoisotopic (exact) mass is 262 g/mol. The number of carbonyl (C=O) groups excluding carboxylic acids is 1. The van der Waals surface area contributed by atoms with Crippen LogP contribution in [0.5, 0.6) is 0 Å². The lowest BCUT2D eigenvalue weighted by Crippen LogP contribution is -2.32. The zero-order chi connectivity index (χ0) is 13.8. The van der Waals surface area contributed by atoms with Crippen LogP contribution >= 0.6 is 0 Å². The molecule has 0 unspecified atom stereocenters.